The molecule has 28 heavy (non-hydrogen) atoms. The molecule has 0 radical (unpaired) electrons. The first-order chi connectivity index (χ1) is 13.7. The number of hydrogen-bond donors (Lipinski definition) is 2. The van der Waals surface area contributed by atoms with E-state index in [1.165, 1.54) is 0 Å². The van der Waals surface area contributed by atoms with Gasteiger partial charge >= 0.3 is 0 Å². The van der Waals surface area contributed by atoms with Crippen LogP contribution in [-0.4, -0.2) is 24.6 Å². The van der Waals surface area contributed by atoms with Crippen molar-refractivity contribution in [3.63, 3.8) is 0 Å². The van der Waals surface area contributed by atoms with Gasteiger partial charge in [-0.2, -0.15) is 5.10 Å². The number of amides is 2. The Hall–Kier alpha value is -3.51. The van der Waals surface area contributed by atoms with E-state index in [9.17, 15) is 9.59 Å². The van der Waals surface area contributed by atoms with Crippen LogP contribution in [0.25, 0.3) is 20.9 Å². The number of rotatable bonds is 5. The minimum Gasteiger partial charge on any atom is -0.343 e. The summed E-state index contributed by atoms with van der Waals surface area (Å²) >= 11 is 1.62. The molecule has 2 amide bonds. The average Bonchev–Trinajstić information content (AvgIpc) is 3.15. The Balaban J connectivity index is 1.32. The van der Waals surface area contributed by atoms with Crippen molar-refractivity contribution >= 4 is 50.2 Å². The summed E-state index contributed by atoms with van der Waals surface area (Å²) < 4.78 is 1.16. The Bertz CT molecular complexity index is 1200. The minimum atomic E-state index is -0.384. The molecule has 4 aromatic rings. The van der Waals surface area contributed by atoms with Crippen LogP contribution in [0.2, 0.25) is 0 Å². The molecule has 6 heteroatoms. The molecular weight excluding hydrogens is 370 g/mol. The van der Waals surface area contributed by atoms with Crippen molar-refractivity contribution in [1.29, 1.82) is 0 Å². The fourth-order valence-corrected chi connectivity index (χ4v) is 3.82. The van der Waals surface area contributed by atoms with Crippen LogP contribution >= 0.6 is 11.3 Å². The van der Waals surface area contributed by atoms with Crippen LogP contribution in [0.15, 0.2) is 77.2 Å². The second-order valence-electron chi connectivity index (χ2n) is 6.22. The number of thiophene rings is 1. The van der Waals surface area contributed by atoms with E-state index in [1.807, 2.05) is 66.0 Å². The van der Waals surface area contributed by atoms with E-state index in [-0.39, 0.29) is 18.4 Å². The lowest BCUT2D eigenvalue weighted by Crippen LogP contribution is -2.34. The normalized spacial score (nSPS) is 11.1. The van der Waals surface area contributed by atoms with Gasteiger partial charge < -0.3 is 5.32 Å². The van der Waals surface area contributed by atoms with Crippen molar-refractivity contribution in [3.05, 3.63) is 83.2 Å². The van der Waals surface area contributed by atoms with Crippen molar-refractivity contribution in [2.45, 2.75) is 0 Å². The molecule has 0 atom stereocenters. The van der Waals surface area contributed by atoms with Crippen LogP contribution in [0, 0.1) is 0 Å². The zero-order valence-corrected chi connectivity index (χ0v) is 15.7. The van der Waals surface area contributed by atoms with Gasteiger partial charge in [0.05, 0.1) is 12.8 Å². The molecule has 0 saturated carbocycles. The SMILES string of the molecule is O=C(CNC(=O)c1ccc2ccccc2c1)NN=Cc1csc2ccccc12. The van der Waals surface area contributed by atoms with Crippen molar-refractivity contribution in [2.24, 2.45) is 5.10 Å². The molecule has 0 aliphatic carbocycles. The molecule has 0 saturated heterocycles. The predicted molar refractivity (Wildman–Crippen MR) is 114 cm³/mol. The molecule has 0 fully saturated rings. The Labute approximate surface area is 165 Å². The molecule has 3 aromatic carbocycles. The highest BCUT2D eigenvalue weighted by Gasteiger charge is 2.08. The fourth-order valence-electron chi connectivity index (χ4n) is 2.90. The number of carbonyl (C=O) groups is 2. The third-order valence-electron chi connectivity index (χ3n) is 4.32. The van der Waals surface area contributed by atoms with Gasteiger partial charge in [-0.3, -0.25) is 9.59 Å². The van der Waals surface area contributed by atoms with E-state index in [0.29, 0.717) is 5.56 Å². The smallest absolute Gasteiger partial charge is 0.259 e. The first-order valence-electron chi connectivity index (χ1n) is 8.76. The molecule has 138 valence electrons. The molecule has 1 heterocycles. The summed E-state index contributed by atoms with van der Waals surface area (Å²) in [5.41, 5.74) is 3.90. The minimum absolute atomic E-state index is 0.145. The van der Waals surface area contributed by atoms with Gasteiger partial charge in [0.1, 0.15) is 0 Å². The van der Waals surface area contributed by atoms with Gasteiger partial charge in [0.25, 0.3) is 11.8 Å². The highest BCUT2D eigenvalue weighted by atomic mass is 32.1. The predicted octanol–water partition coefficient (Wildman–Crippen LogP) is 3.93. The molecule has 0 unspecified atom stereocenters. The van der Waals surface area contributed by atoms with Crippen molar-refractivity contribution in [3.8, 4) is 0 Å². The van der Waals surface area contributed by atoms with Crippen molar-refractivity contribution in [1.82, 2.24) is 10.7 Å². The average molecular weight is 387 g/mol. The Morgan fingerprint density at radius 3 is 2.64 bits per heavy atom. The number of fused-ring (bicyclic) bond motifs is 2. The lowest BCUT2D eigenvalue weighted by atomic mass is 10.1. The third-order valence-corrected chi connectivity index (χ3v) is 5.31. The number of nitrogens with one attached hydrogen (secondary N) is 2. The van der Waals surface area contributed by atoms with Crippen LogP contribution in [0.5, 0.6) is 0 Å². The molecule has 0 aliphatic heterocycles. The van der Waals surface area contributed by atoms with Gasteiger partial charge in [-0.05, 0) is 29.0 Å². The van der Waals surface area contributed by atoms with E-state index in [4.69, 9.17) is 0 Å². The summed E-state index contributed by atoms with van der Waals surface area (Å²) in [7, 11) is 0. The number of benzene rings is 3. The van der Waals surface area contributed by atoms with Gasteiger partial charge in [-0.15, -0.1) is 11.3 Å². The summed E-state index contributed by atoms with van der Waals surface area (Å²) in [5.74, 6) is -0.682. The van der Waals surface area contributed by atoms with Crippen LogP contribution in [-0.2, 0) is 4.79 Å². The lowest BCUT2D eigenvalue weighted by Gasteiger charge is -2.05. The van der Waals surface area contributed by atoms with Gasteiger partial charge in [0.15, 0.2) is 0 Å². The van der Waals surface area contributed by atoms with E-state index >= 15 is 0 Å². The van der Waals surface area contributed by atoms with Gasteiger partial charge in [-0.25, -0.2) is 5.43 Å². The maximum absolute atomic E-state index is 12.3. The quantitative estimate of drug-likeness (QED) is 0.402. The molecule has 2 N–H and O–H groups in total. The zero-order chi connectivity index (χ0) is 19.3. The van der Waals surface area contributed by atoms with Gasteiger partial charge in [-0.1, -0.05) is 48.5 Å². The zero-order valence-electron chi connectivity index (χ0n) is 14.9. The monoisotopic (exact) mass is 387 g/mol. The maximum Gasteiger partial charge on any atom is 0.259 e. The summed E-state index contributed by atoms with van der Waals surface area (Å²) in [6.07, 6.45) is 1.61. The summed E-state index contributed by atoms with van der Waals surface area (Å²) in [6, 6.07) is 21.3. The highest BCUT2D eigenvalue weighted by molar-refractivity contribution is 7.17. The summed E-state index contributed by atoms with van der Waals surface area (Å²) in [5, 5.41) is 11.7. The lowest BCUT2D eigenvalue weighted by molar-refractivity contribution is -0.120. The Kier molecular flexibility index (Phi) is 5.12. The molecule has 0 spiro atoms. The molecule has 0 bridgehead atoms. The molecular formula is C22H17N3O2S. The first kappa shape index (κ1) is 17.9. The van der Waals surface area contributed by atoms with Gasteiger partial charge in [0, 0.05) is 26.6 Å². The maximum atomic E-state index is 12.3. The van der Waals surface area contributed by atoms with Crippen LogP contribution in [0.1, 0.15) is 15.9 Å². The van der Waals surface area contributed by atoms with E-state index in [1.54, 1.807) is 23.6 Å². The van der Waals surface area contributed by atoms with Crippen molar-refractivity contribution < 1.29 is 9.59 Å². The molecule has 5 nitrogen and oxygen atoms in total. The number of carbonyl (C=O) groups excluding carboxylic acids is 2. The van der Waals surface area contributed by atoms with Crippen LogP contribution in [0.3, 0.4) is 0 Å². The second kappa shape index (κ2) is 8.02. The summed E-state index contributed by atoms with van der Waals surface area (Å²) in [4.78, 5) is 24.2. The summed E-state index contributed by atoms with van der Waals surface area (Å²) in [6.45, 7) is -0.145. The van der Waals surface area contributed by atoms with Crippen LogP contribution in [0.4, 0.5) is 0 Å². The number of nitrogens with zero attached hydrogens (tertiary/aromatic N) is 1. The van der Waals surface area contributed by atoms with E-state index in [2.05, 4.69) is 15.8 Å². The third kappa shape index (κ3) is 3.92. The molecule has 4 rings (SSSR count). The highest BCUT2D eigenvalue weighted by Crippen LogP contribution is 2.24. The van der Waals surface area contributed by atoms with Crippen molar-refractivity contribution in [2.75, 3.05) is 6.54 Å². The topological polar surface area (TPSA) is 70.6 Å². The first-order valence-corrected chi connectivity index (χ1v) is 9.64. The number of hydrazone groups is 1. The van der Waals surface area contributed by atoms with Gasteiger partial charge in [0.2, 0.25) is 0 Å². The standard InChI is InChI=1S/C22H17N3O2S/c26-21(25-24-12-18-14-28-20-8-4-3-7-19(18)20)13-23-22(27)17-10-9-15-5-1-2-6-16(15)11-17/h1-12,14H,13H2,(H,23,27)(H,25,26). The largest absolute Gasteiger partial charge is 0.343 e. The Morgan fingerprint density at radius 1 is 0.964 bits per heavy atom. The fraction of sp³-hybridized carbons (Fsp3) is 0.0455. The Morgan fingerprint density at radius 2 is 1.75 bits per heavy atom. The molecule has 0 aliphatic rings. The van der Waals surface area contributed by atoms with E-state index < -0.39 is 0 Å². The number of hydrogen-bond acceptors (Lipinski definition) is 4. The second-order valence-corrected chi connectivity index (χ2v) is 7.14. The van der Waals surface area contributed by atoms with E-state index in [0.717, 1.165) is 26.4 Å². The molecule has 1 aromatic heterocycles. The van der Waals surface area contributed by atoms with Crippen LogP contribution < -0.4 is 10.7 Å².